The summed E-state index contributed by atoms with van der Waals surface area (Å²) in [5.74, 6) is 0.972. The third-order valence-corrected chi connectivity index (χ3v) is 9.86. The molecule has 6 rings (SSSR count). The molecule has 1 atom stereocenters. The molecule has 1 aliphatic carbocycles. The maximum absolute atomic E-state index is 13.3. The van der Waals surface area contributed by atoms with E-state index in [0.29, 0.717) is 41.9 Å². The van der Waals surface area contributed by atoms with Crippen molar-refractivity contribution in [2.24, 2.45) is 5.92 Å². The molecule has 1 unspecified atom stereocenters. The molecule has 11 heteroatoms. The molecule has 2 aromatic heterocycles. The first-order valence-electron chi connectivity index (χ1n) is 12.8. The number of anilines is 3. The molecule has 1 saturated heterocycles. The molecule has 3 aromatic rings. The van der Waals surface area contributed by atoms with Crippen LogP contribution < -0.4 is 10.2 Å². The number of pyridine rings is 1. The van der Waals surface area contributed by atoms with E-state index in [2.05, 4.69) is 22.2 Å². The Labute approximate surface area is 225 Å². The molecule has 0 bridgehead atoms. The molecule has 4 heterocycles. The summed E-state index contributed by atoms with van der Waals surface area (Å²) in [6, 6.07) is 7.28. The minimum atomic E-state index is -3.64. The lowest BCUT2D eigenvalue weighted by Crippen LogP contribution is -2.35. The van der Waals surface area contributed by atoms with E-state index in [1.807, 2.05) is 30.0 Å². The van der Waals surface area contributed by atoms with Gasteiger partial charge >= 0.3 is 0 Å². The summed E-state index contributed by atoms with van der Waals surface area (Å²) in [5.41, 5.74) is 3.32. The van der Waals surface area contributed by atoms with Crippen LogP contribution in [0.4, 0.5) is 16.6 Å². The molecular formula is C27H29N5O4S2. The molecule has 0 spiro atoms. The number of aromatic nitrogens is 2. The number of sulfone groups is 1. The van der Waals surface area contributed by atoms with Gasteiger partial charge in [-0.05, 0) is 68.4 Å². The summed E-state index contributed by atoms with van der Waals surface area (Å²) in [5, 5.41) is 3.84. The number of thiazole rings is 1. The highest BCUT2D eigenvalue weighted by Gasteiger charge is 2.41. The number of hydrogen-bond acceptors (Lipinski definition) is 8. The van der Waals surface area contributed by atoms with E-state index in [4.69, 9.17) is 0 Å². The highest BCUT2D eigenvalue weighted by atomic mass is 32.2. The SMILES string of the molecule is Cc1nc(Nc2cc(N3CCCC3=O)ccn2)sc1-c1cc2c(c(S(C)(=O)=O)c1)C(=O)N(C(C)C1CC1)C2. The second kappa shape index (κ2) is 9.16. The zero-order chi connectivity index (χ0) is 26.8. The largest absolute Gasteiger partial charge is 0.331 e. The van der Waals surface area contributed by atoms with Crippen molar-refractivity contribution in [1.82, 2.24) is 14.9 Å². The number of nitrogens with zero attached hydrogens (tertiary/aromatic N) is 4. The van der Waals surface area contributed by atoms with Gasteiger partial charge in [0.25, 0.3) is 5.91 Å². The van der Waals surface area contributed by atoms with Gasteiger partial charge in [0.05, 0.1) is 21.0 Å². The smallest absolute Gasteiger partial charge is 0.256 e. The van der Waals surface area contributed by atoms with E-state index >= 15 is 0 Å². The normalized spacial score (nSPS) is 18.3. The predicted molar refractivity (Wildman–Crippen MR) is 147 cm³/mol. The number of fused-ring (bicyclic) bond motifs is 1. The summed E-state index contributed by atoms with van der Waals surface area (Å²) in [6.07, 6.45) is 6.43. The minimum Gasteiger partial charge on any atom is -0.331 e. The number of carbonyl (C=O) groups is 2. The number of carbonyl (C=O) groups excluding carboxylic acids is 2. The summed E-state index contributed by atoms with van der Waals surface area (Å²) in [6.45, 7) is 5.04. The van der Waals surface area contributed by atoms with Crippen LogP contribution in [0.2, 0.25) is 0 Å². The summed E-state index contributed by atoms with van der Waals surface area (Å²) < 4.78 is 25.6. The monoisotopic (exact) mass is 551 g/mol. The molecule has 3 aliphatic rings. The van der Waals surface area contributed by atoms with Gasteiger partial charge in [-0.3, -0.25) is 9.59 Å². The van der Waals surface area contributed by atoms with Crippen molar-refractivity contribution < 1.29 is 18.0 Å². The molecule has 2 fully saturated rings. The zero-order valence-electron chi connectivity index (χ0n) is 21.5. The Balaban J connectivity index is 1.33. The molecule has 2 aliphatic heterocycles. The van der Waals surface area contributed by atoms with E-state index < -0.39 is 9.84 Å². The fourth-order valence-electron chi connectivity index (χ4n) is 5.43. The number of aryl methyl sites for hydroxylation is 1. The molecular weight excluding hydrogens is 522 g/mol. The molecule has 9 nitrogen and oxygen atoms in total. The van der Waals surface area contributed by atoms with Gasteiger partial charge in [0, 0.05) is 49.8 Å². The second-order valence-electron chi connectivity index (χ2n) is 10.4. The van der Waals surface area contributed by atoms with Gasteiger partial charge in [-0.15, -0.1) is 0 Å². The highest BCUT2D eigenvalue weighted by molar-refractivity contribution is 7.90. The highest BCUT2D eigenvalue weighted by Crippen LogP contribution is 2.42. The Kier molecular flexibility index (Phi) is 6.03. The van der Waals surface area contributed by atoms with Crippen LogP contribution in [-0.4, -0.2) is 53.9 Å². The quantitative estimate of drug-likeness (QED) is 0.459. The lowest BCUT2D eigenvalue weighted by molar-refractivity contribution is -0.117. The van der Waals surface area contributed by atoms with Crippen LogP contribution in [-0.2, 0) is 21.2 Å². The van der Waals surface area contributed by atoms with Gasteiger partial charge in [0.1, 0.15) is 5.82 Å². The van der Waals surface area contributed by atoms with Crippen molar-refractivity contribution in [1.29, 1.82) is 0 Å². The first kappa shape index (κ1) is 25.0. The fourth-order valence-corrected chi connectivity index (χ4v) is 7.32. The van der Waals surface area contributed by atoms with Crippen molar-refractivity contribution in [3.8, 4) is 10.4 Å². The Hall–Kier alpha value is -3.31. The second-order valence-corrected chi connectivity index (χ2v) is 13.4. The van der Waals surface area contributed by atoms with Crippen LogP contribution in [0.5, 0.6) is 0 Å². The van der Waals surface area contributed by atoms with E-state index in [9.17, 15) is 18.0 Å². The maximum Gasteiger partial charge on any atom is 0.256 e. The van der Waals surface area contributed by atoms with E-state index in [0.717, 1.165) is 52.9 Å². The van der Waals surface area contributed by atoms with Crippen LogP contribution >= 0.6 is 11.3 Å². The Morgan fingerprint density at radius 1 is 1.18 bits per heavy atom. The zero-order valence-corrected chi connectivity index (χ0v) is 23.2. The Morgan fingerprint density at radius 3 is 2.66 bits per heavy atom. The topological polar surface area (TPSA) is 113 Å². The van der Waals surface area contributed by atoms with Crippen LogP contribution in [0.15, 0.2) is 35.4 Å². The third kappa shape index (κ3) is 4.47. The van der Waals surface area contributed by atoms with E-state index in [-0.39, 0.29) is 22.8 Å². The predicted octanol–water partition coefficient (Wildman–Crippen LogP) is 4.54. The fraction of sp³-hybridized carbons (Fsp3) is 0.407. The van der Waals surface area contributed by atoms with Crippen LogP contribution in [0, 0.1) is 12.8 Å². The van der Waals surface area contributed by atoms with Gasteiger partial charge < -0.3 is 15.1 Å². The van der Waals surface area contributed by atoms with Crippen molar-refractivity contribution >= 4 is 49.6 Å². The Bertz CT molecular complexity index is 1580. The van der Waals surface area contributed by atoms with Crippen molar-refractivity contribution in [3.63, 3.8) is 0 Å². The molecule has 38 heavy (non-hydrogen) atoms. The summed E-state index contributed by atoms with van der Waals surface area (Å²) in [4.78, 5) is 39.0. The minimum absolute atomic E-state index is 0.0763. The van der Waals surface area contributed by atoms with Gasteiger partial charge in [0.15, 0.2) is 15.0 Å². The number of rotatable bonds is 7. The summed E-state index contributed by atoms with van der Waals surface area (Å²) in [7, 11) is -3.64. The molecule has 1 aromatic carbocycles. The van der Waals surface area contributed by atoms with E-state index in [1.165, 1.54) is 11.3 Å². The first-order chi connectivity index (χ1) is 18.1. The van der Waals surface area contributed by atoms with Gasteiger partial charge in [0.2, 0.25) is 5.91 Å². The van der Waals surface area contributed by atoms with Crippen molar-refractivity contribution in [2.45, 2.75) is 57.0 Å². The molecule has 0 radical (unpaired) electrons. The van der Waals surface area contributed by atoms with E-state index in [1.54, 1.807) is 17.2 Å². The van der Waals surface area contributed by atoms with Crippen molar-refractivity contribution in [3.05, 3.63) is 47.3 Å². The maximum atomic E-state index is 13.3. The average molecular weight is 552 g/mol. The van der Waals surface area contributed by atoms with Gasteiger partial charge in [-0.2, -0.15) is 0 Å². The molecule has 1 saturated carbocycles. The van der Waals surface area contributed by atoms with Crippen LogP contribution in [0.25, 0.3) is 10.4 Å². The van der Waals surface area contributed by atoms with Crippen LogP contribution in [0.1, 0.15) is 54.2 Å². The molecule has 2 amide bonds. The van der Waals surface area contributed by atoms with Crippen molar-refractivity contribution in [2.75, 3.05) is 23.0 Å². The first-order valence-corrected chi connectivity index (χ1v) is 15.5. The number of benzene rings is 1. The Morgan fingerprint density at radius 2 is 1.97 bits per heavy atom. The summed E-state index contributed by atoms with van der Waals surface area (Å²) >= 11 is 1.40. The lowest BCUT2D eigenvalue weighted by Gasteiger charge is -2.24. The van der Waals surface area contributed by atoms with Gasteiger partial charge in [-0.25, -0.2) is 18.4 Å². The van der Waals surface area contributed by atoms with Crippen LogP contribution in [0.3, 0.4) is 0 Å². The molecule has 198 valence electrons. The average Bonchev–Trinajstić information content (AvgIpc) is 3.41. The standard InChI is InChI=1S/C27H29N5O4S2/c1-15-25(37-27(29-15)30-22-13-20(8-9-28-22)31-10-4-5-23(31)33)18-11-19-14-32(16(2)17-6-7-17)26(34)24(19)21(12-18)38(3,35)36/h8-9,11-13,16-17H,4-7,10,14H2,1-3H3,(H,28,29,30). The number of nitrogens with one attached hydrogen (secondary N) is 1. The number of amides is 2. The molecule has 1 N–H and O–H groups in total. The third-order valence-electron chi connectivity index (χ3n) is 7.62. The lowest BCUT2D eigenvalue weighted by atomic mass is 10.0. The van der Waals surface area contributed by atoms with Gasteiger partial charge in [-0.1, -0.05) is 11.3 Å². The number of hydrogen-bond donors (Lipinski definition) is 1.